The van der Waals surface area contributed by atoms with E-state index in [1.165, 1.54) is 24.0 Å². The molecular formula is C29H22N2O4S. The number of hydrogen-bond donors (Lipinski definition) is 1. The summed E-state index contributed by atoms with van der Waals surface area (Å²) in [7, 11) is 1.36. The van der Waals surface area contributed by atoms with Crippen LogP contribution in [0.2, 0.25) is 0 Å². The summed E-state index contributed by atoms with van der Waals surface area (Å²) in [6.45, 7) is 0. The highest BCUT2D eigenvalue weighted by molar-refractivity contribution is 7.07. The minimum Gasteiger partial charge on any atom is -0.508 e. The van der Waals surface area contributed by atoms with Crippen LogP contribution < -0.4 is 14.9 Å². The largest absolute Gasteiger partial charge is 0.508 e. The van der Waals surface area contributed by atoms with Crippen molar-refractivity contribution in [1.82, 2.24) is 4.57 Å². The first kappa shape index (κ1) is 22.2. The van der Waals surface area contributed by atoms with Crippen LogP contribution in [0.15, 0.2) is 88.2 Å². The molecule has 4 aromatic rings. The number of nitrogens with zero attached hydrogens (tertiary/aromatic N) is 2. The first-order chi connectivity index (χ1) is 17.5. The molecule has 178 valence electrons. The highest BCUT2D eigenvalue weighted by atomic mass is 32.1. The molecule has 0 bridgehead atoms. The summed E-state index contributed by atoms with van der Waals surface area (Å²) >= 11 is 1.34. The normalized spacial score (nSPS) is 16.6. The number of aromatic nitrogens is 1. The van der Waals surface area contributed by atoms with E-state index >= 15 is 0 Å². The Kier molecular flexibility index (Phi) is 5.42. The molecule has 1 unspecified atom stereocenters. The number of thiazole rings is 1. The molecule has 0 saturated carbocycles. The monoisotopic (exact) mass is 494 g/mol. The summed E-state index contributed by atoms with van der Waals surface area (Å²) < 4.78 is 7.16. The molecule has 0 saturated heterocycles. The average Bonchev–Trinajstić information content (AvgIpc) is 3.21. The van der Waals surface area contributed by atoms with E-state index in [0.29, 0.717) is 14.9 Å². The zero-order valence-electron chi connectivity index (χ0n) is 19.5. The second-order valence-corrected chi connectivity index (χ2v) is 9.83. The molecule has 36 heavy (non-hydrogen) atoms. The van der Waals surface area contributed by atoms with Crippen molar-refractivity contribution < 1.29 is 14.6 Å². The molecule has 3 aromatic carbocycles. The lowest BCUT2D eigenvalue weighted by atomic mass is 9.83. The minimum atomic E-state index is -0.400. The first-order valence-corrected chi connectivity index (χ1v) is 12.5. The molecule has 0 amide bonds. The van der Waals surface area contributed by atoms with Crippen molar-refractivity contribution in [2.45, 2.75) is 18.9 Å². The second-order valence-electron chi connectivity index (χ2n) is 8.82. The number of aryl methyl sites for hydroxylation is 1. The summed E-state index contributed by atoms with van der Waals surface area (Å²) in [5.41, 5.74) is 6.34. The van der Waals surface area contributed by atoms with Gasteiger partial charge in [0.25, 0.3) is 5.56 Å². The number of phenolic OH excluding ortho intramolecular Hbond substituents is 1. The molecular weight excluding hydrogens is 472 g/mol. The lowest BCUT2D eigenvalue weighted by Gasteiger charge is -2.30. The Labute approximate surface area is 210 Å². The number of phenols is 1. The summed E-state index contributed by atoms with van der Waals surface area (Å²) in [5, 5.41) is 9.87. The van der Waals surface area contributed by atoms with Crippen LogP contribution in [0.5, 0.6) is 5.75 Å². The van der Waals surface area contributed by atoms with Gasteiger partial charge >= 0.3 is 5.97 Å². The highest BCUT2D eigenvalue weighted by Crippen LogP contribution is 2.41. The number of methoxy groups -OCH3 is 1. The van der Waals surface area contributed by atoms with Crippen molar-refractivity contribution in [3.63, 3.8) is 0 Å². The van der Waals surface area contributed by atoms with E-state index in [-0.39, 0.29) is 17.4 Å². The number of allylic oxidation sites excluding steroid dienone is 1. The first-order valence-electron chi connectivity index (χ1n) is 11.6. The molecule has 6 rings (SSSR count). The van der Waals surface area contributed by atoms with Crippen LogP contribution in [0.1, 0.15) is 45.1 Å². The maximum Gasteiger partial charge on any atom is 0.337 e. The quantitative estimate of drug-likeness (QED) is 0.439. The molecule has 1 aliphatic carbocycles. The third-order valence-electron chi connectivity index (χ3n) is 6.69. The van der Waals surface area contributed by atoms with Gasteiger partial charge in [0.2, 0.25) is 0 Å². The standard InChI is InChI=1S/C29H22N2O4S/c1-35-28(34)20-11-9-19(10-12-20)26-23-14-13-18-6-2-3-8-22(18)25(23)30-29-31(26)27(33)24(36-29)16-17-5-4-7-21(32)15-17/h2-12,15-16,26,32H,13-14H2,1H3. The zero-order chi connectivity index (χ0) is 24.8. The average molecular weight is 495 g/mol. The summed E-state index contributed by atoms with van der Waals surface area (Å²) in [6, 6.07) is 22.0. The van der Waals surface area contributed by atoms with Crippen molar-refractivity contribution in [3.05, 3.63) is 126 Å². The van der Waals surface area contributed by atoms with Crippen molar-refractivity contribution >= 4 is 29.1 Å². The van der Waals surface area contributed by atoms with Gasteiger partial charge in [-0.3, -0.25) is 9.36 Å². The number of aromatic hydroxyl groups is 1. The molecule has 0 fully saturated rings. The Morgan fingerprint density at radius 1 is 1.08 bits per heavy atom. The summed E-state index contributed by atoms with van der Waals surface area (Å²) in [5.74, 6) is -0.254. The van der Waals surface area contributed by atoms with Crippen LogP contribution >= 0.6 is 11.3 Å². The summed E-state index contributed by atoms with van der Waals surface area (Å²) in [4.78, 5) is 31.4. The Morgan fingerprint density at radius 3 is 2.67 bits per heavy atom. The molecule has 0 radical (unpaired) electrons. The number of ether oxygens (including phenoxy) is 1. The molecule has 2 aliphatic rings. The fraction of sp³-hybridized carbons (Fsp3) is 0.138. The Balaban J connectivity index is 1.59. The fourth-order valence-corrected chi connectivity index (χ4v) is 6.01. The molecule has 6 nitrogen and oxygen atoms in total. The molecule has 1 N–H and O–H groups in total. The van der Waals surface area contributed by atoms with Gasteiger partial charge in [-0.1, -0.05) is 59.9 Å². The predicted molar refractivity (Wildman–Crippen MR) is 139 cm³/mol. The number of hydrogen-bond acceptors (Lipinski definition) is 6. The van der Waals surface area contributed by atoms with Crippen molar-refractivity contribution in [3.8, 4) is 5.75 Å². The molecule has 7 heteroatoms. The van der Waals surface area contributed by atoms with E-state index in [2.05, 4.69) is 12.1 Å². The van der Waals surface area contributed by atoms with Crippen molar-refractivity contribution in [1.29, 1.82) is 0 Å². The van der Waals surface area contributed by atoms with Crippen LogP contribution in [0.25, 0.3) is 11.8 Å². The summed E-state index contributed by atoms with van der Waals surface area (Å²) in [6.07, 6.45) is 3.45. The highest BCUT2D eigenvalue weighted by Gasteiger charge is 2.32. The number of fused-ring (bicyclic) bond motifs is 3. The van der Waals surface area contributed by atoms with Crippen LogP contribution in [-0.2, 0) is 11.2 Å². The SMILES string of the molecule is COC(=O)c1ccc(C2C3=C(N=c4sc(=Cc5cccc(O)c5)c(=O)n42)c2ccccc2CC3)cc1. The number of rotatable bonds is 3. The maximum atomic E-state index is 13.8. The van der Waals surface area contributed by atoms with E-state index in [9.17, 15) is 14.7 Å². The van der Waals surface area contributed by atoms with Gasteiger partial charge in [-0.2, -0.15) is 0 Å². The van der Waals surface area contributed by atoms with Gasteiger partial charge in [0, 0.05) is 5.56 Å². The van der Waals surface area contributed by atoms with Crippen LogP contribution in [-0.4, -0.2) is 22.8 Å². The predicted octanol–water partition coefficient (Wildman–Crippen LogP) is 3.81. The van der Waals surface area contributed by atoms with Crippen molar-refractivity contribution in [2.75, 3.05) is 7.11 Å². The van der Waals surface area contributed by atoms with Gasteiger partial charge in [0.05, 0.1) is 28.9 Å². The molecule has 2 heterocycles. The molecule has 1 aliphatic heterocycles. The molecule has 0 spiro atoms. The van der Waals surface area contributed by atoms with Gasteiger partial charge in [-0.15, -0.1) is 0 Å². The number of carbonyl (C=O) groups excluding carboxylic acids is 1. The number of esters is 1. The van der Waals surface area contributed by atoms with E-state index in [4.69, 9.17) is 9.73 Å². The third kappa shape index (κ3) is 3.69. The van der Waals surface area contributed by atoms with Gasteiger partial charge in [0.1, 0.15) is 5.75 Å². The van der Waals surface area contributed by atoms with E-state index in [1.54, 1.807) is 41.0 Å². The van der Waals surface area contributed by atoms with Crippen molar-refractivity contribution in [2.24, 2.45) is 4.99 Å². The van der Waals surface area contributed by atoms with Gasteiger partial charge in [0.15, 0.2) is 4.80 Å². The van der Waals surface area contributed by atoms with Crippen LogP contribution in [0.4, 0.5) is 0 Å². The second kappa shape index (κ2) is 8.77. The maximum absolute atomic E-state index is 13.8. The minimum absolute atomic E-state index is 0.130. The number of benzene rings is 3. The van der Waals surface area contributed by atoms with Gasteiger partial charge in [-0.25, -0.2) is 9.79 Å². The van der Waals surface area contributed by atoms with Crippen LogP contribution in [0.3, 0.4) is 0 Å². The van der Waals surface area contributed by atoms with E-state index < -0.39 is 5.97 Å². The lowest BCUT2D eigenvalue weighted by Crippen LogP contribution is -2.38. The van der Waals surface area contributed by atoms with Crippen LogP contribution in [0, 0.1) is 0 Å². The molecule has 1 aromatic heterocycles. The van der Waals surface area contributed by atoms with Gasteiger partial charge < -0.3 is 9.84 Å². The van der Waals surface area contributed by atoms with Gasteiger partial charge in [-0.05, 0) is 65.4 Å². The van der Waals surface area contributed by atoms with E-state index in [1.807, 2.05) is 30.3 Å². The number of carbonyl (C=O) groups is 1. The smallest absolute Gasteiger partial charge is 0.337 e. The lowest BCUT2D eigenvalue weighted by molar-refractivity contribution is 0.0600. The Bertz CT molecular complexity index is 1730. The topological polar surface area (TPSA) is 80.9 Å². The third-order valence-corrected chi connectivity index (χ3v) is 7.67. The zero-order valence-corrected chi connectivity index (χ0v) is 20.3. The Hall–Kier alpha value is -4.23. The fourth-order valence-electron chi connectivity index (χ4n) is 5.01. The van der Waals surface area contributed by atoms with E-state index in [0.717, 1.165) is 40.8 Å². The Morgan fingerprint density at radius 2 is 1.89 bits per heavy atom. The molecule has 1 atom stereocenters.